The summed E-state index contributed by atoms with van der Waals surface area (Å²) in [5.74, 6) is 1.19. The Hall–Kier alpha value is -2.39. The summed E-state index contributed by atoms with van der Waals surface area (Å²) in [4.78, 5) is 13.2. The van der Waals surface area contributed by atoms with Crippen LogP contribution in [0.4, 0.5) is 0 Å². The molecule has 0 aromatic heterocycles. The lowest BCUT2D eigenvalue weighted by molar-refractivity contribution is -0.115. The molecule has 2 aliphatic rings. The molecule has 2 aromatic rings. The van der Waals surface area contributed by atoms with Crippen molar-refractivity contribution in [1.29, 1.82) is 0 Å². The molecule has 0 radical (unpaired) electrons. The van der Waals surface area contributed by atoms with Crippen molar-refractivity contribution < 1.29 is 14.6 Å². The third kappa shape index (κ3) is 4.99. The number of aliphatic hydroxyl groups excluding tert-OH is 1. The predicted octanol–water partition coefficient (Wildman–Crippen LogP) is 7.02. The normalized spacial score (nSPS) is 20.6. The Balaban J connectivity index is 1.59. The second-order valence-electron chi connectivity index (χ2n) is 10.7. The zero-order valence-corrected chi connectivity index (χ0v) is 19.9. The van der Waals surface area contributed by atoms with Crippen LogP contribution in [0, 0.1) is 18.8 Å². The molecule has 1 aliphatic heterocycles. The van der Waals surface area contributed by atoms with Crippen LogP contribution in [-0.2, 0) is 14.9 Å². The highest BCUT2D eigenvalue weighted by molar-refractivity contribution is 6.22. The van der Waals surface area contributed by atoms with Gasteiger partial charge in [-0.1, -0.05) is 57.2 Å². The van der Waals surface area contributed by atoms with Gasteiger partial charge in [0.25, 0.3) is 0 Å². The number of ether oxygens (including phenoxy) is 1. The van der Waals surface area contributed by atoms with Gasteiger partial charge in [0.05, 0.1) is 5.57 Å². The zero-order chi connectivity index (χ0) is 22.9. The lowest BCUT2D eigenvalue weighted by Crippen LogP contribution is -2.24. The summed E-state index contributed by atoms with van der Waals surface area (Å²) in [6, 6.07) is 14.9. The number of aliphatic hydroxyl groups is 1. The number of ketones is 1. The van der Waals surface area contributed by atoms with Crippen LogP contribution >= 0.6 is 0 Å². The highest BCUT2D eigenvalue weighted by atomic mass is 16.5. The van der Waals surface area contributed by atoms with Gasteiger partial charge in [-0.2, -0.15) is 0 Å². The highest BCUT2D eigenvalue weighted by Gasteiger charge is 2.31. The van der Waals surface area contributed by atoms with Crippen LogP contribution in [0.2, 0.25) is 0 Å². The van der Waals surface area contributed by atoms with E-state index in [1.807, 2.05) is 6.92 Å². The third-order valence-corrected chi connectivity index (χ3v) is 7.12. The molecule has 32 heavy (non-hydrogen) atoms. The van der Waals surface area contributed by atoms with E-state index in [9.17, 15) is 9.90 Å². The van der Waals surface area contributed by atoms with E-state index in [1.165, 1.54) is 5.56 Å². The van der Waals surface area contributed by atoms with Crippen LogP contribution in [0.1, 0.15) is 69.6 Å². The summed E-state index contributed by atoms with van der Waals surface area (Å²) in [6.07, 6.45) is 4.27. The van der Waals surface area contributed by atoms with E-state index in [1.54, 1.807) is 0 Å². The van der Waals surface area contributed by atoms with Gasteiger partial charge < -0.3 is 9.84 Å². The van der Waals surface area contributed by atoms with Crippen LogP contribution in [-0.4, -0.2) is 24.1 Å². The van der Waals surface area contributed by atoms with E-state index in [-0.39, 0.29) is 22.9 Å². The second-order valence-corrected chi connectivity index (χ2v) is 10.7. The number of carbonyl (C=O) groups is 1. The summed E-state index contributed by atoms with van der Waals surface area (Å²) in [7, 11) is 0. The van der Waals surface area contributed by atoms with Crippen molar-refractivity contribution in [3.05, 3.63) is 64.9 Å². The average Bonchev–Trinajstić information content (AvgIpc) is 2.75. The number of Topliss-reactive ketones (excluding diaryl/α,β-unsaturated/α-hetero) is 1. The van der Waals surface area contributed by atoms with Crippen molar-refractivity contribution in [2.24, 2.45) is 11.8 Å². The number of rotatable bonds is 4. The number of hydrogen-bond donors (Lipinski definition) is 1. The van der Waals surface area contributed by atoms with Crippen LogP contribution in [0.3, 0.4) is 0 Å². The Bertz CT molecular complexity index is 1000. The van der Waals surface area contributed by atoms with Crippen molar-refractivity contribution in [1.82, 2.24) is 0 Å². The van der Waals surface area contributed by atoms with Crippen molar-refractivity contribution in [3.63, 3.8) is 0 Å². The van der Waals surface area contributed by atoms with Gasteiger partial charge in [0, 0.05) is 26.1 Å². The maximum atomic E-state index is 13.2. The van der Waals surface area contributed by atoms with Gasteiger partial charge in [-0.05, 0) is 77.3 Å². The van der Waals surface area contributed by atoms with Gasteiger partial charge in [0.2, 0.25) is 0 Å². The largest absolute Gasteiger partial charge is 0.512 e. The second kappa shape index (κ2) is 9.23. The van der Waals surface area contributed by atoms with Crippen LogP contribution in [0.25, 0.3) is 16.7 Å². The number of aryl methyl sites for hydroxylation is 1. The Labute approximate surface area is 192 Å². The van der Waals surface area contributed by atoms with Crippen molar-refractivity contribution >= 4 is 11.4 Å². The lowest BCUT2D eigenvalue weighted by Gasteiger charge is -2.29. The first-order valence-electron chi connectivity index (χ1n) is 12.0. The van der Waals surface area contributed by atoms with E-state index < -0.39 is 0 Å². The molecular formula is C29H36O3. The number of benzene rings is 2. The SMILES string of the molecule is Cc1ccc(-c2ccc(C(C)(C)C)cc2)cc1C1=C(O)CC(CC2CCOCC2)CC1=O. The molecular weight excluding hydrogens is 396 g/mol. The minimum absolute atomic E-state index is 0.0779. The molecule has 1 N–H and O–H groups in total. The predicted molar refractivity (Wildman–Crippen MR) is 131 cm³/mol. The average molecular weight is 433 g/mol. The molecule has 2 aromatic carbocycles. The molecule has 1 saturated heterocycles. The third-order valence-electron chi connectivity index (χ3n) is 7.12. The fraction of sp³-hybridized carbons (Fsp3) is 0.483. The molecule has 1 heterocycles. The lowest BCUT2D eigenvalue weighted by atomic mass is 9.77. The Morgan fingerprint density at radius 3 is 2.22 bits per heavy atom. The summed E-state index contributed by atoms with van der Waals surface area (Å²) in [5, 5.41) is 10.9. The van der Waals surface area contributed by atoms with Crippen molar-refractivity contribution in [3.8, 4) is 11.1 Å². The smallest absolute Gasteiger partial charge is 0.167 e. The first-order valence-corrected chi connectivity index (χ1v) is 12.0. The number of carbonyl (C=O) groups excluding carboxylic acids is 1. The quantitative estimate of drug-likeness (QED) is 0.564. The van der Waals surface area contributed by atoms with Crippen LogP contribution in [0.5, 0.6) is 0 Å². The van der Waals surface area contributed by atoms with E-state index in [0.717, 1.165) is 54.7 Å². The Morgan fingerprint density at radius 2 is 1.59 bits per heavy atom. The Kier molecular flexibility index (Phi) is 6.57. The molecule has 0 amide bonds. The molecule has 4 rings (SSSR count). The summed E-state index contributed by atoms with van der Waals surface area (Å²) in [5.41, 5.74) is 6.03. The van der Waals surface area contributed by atoms with Crippen LogP contribution in [0.15, 0.2) is 48.2 Å². The molecule has 1 aliphatic carbocycles. The van der Waals surface area contributed by atoms with Crippen LogP contribution < -0.4 is 0 Å². The number of hydrogen-bond acceptors (Lipinski definition) is 3. The topological polar surface area (TPSA) is 46.5 Å². The molecule has 170 valence electrons. The molecule has 1 fully saturated rings. The first kappa shape index (κ1) is 22.8. The van der Waals surface area contributed by atoms with Gasteiger partial charge >= 0.3 is 0 Å². The molecule has 3 nitrogen and oxygen atoms in total. The number of allylic oxidation sites excluding steroid dienone is 2. The first-order chi connectivity index (χ1) is 15.2. The van der Waals surface area contributed by atoms with E-state index >= 15 is 0 Å². The minimum Gasteiger partial charge on any atom is -0.512 e. The van der Waals surface area contributed by atoms with Gasteiger partial charge in [-0.15, -0.1) is 0 Å². The van der Waals surface area contributed by atoms with Gasteiger partial charge in [-0.3, -0.25) is 4.79 Å². The standard InChI is InChI=1S/C29H36O3/c1-19-5-6-23(22-7-9-24(10-8-22)29(2,3)4)18-25(19)28-26(30)16-21(17-27(28)31)15-20-11-13-32-14-12-20/h5-10,18,20-21,30H,11-17H2,1-4H3. The van der Waals surface area contributed by atoms with Gasteiger partial charge in [0.1, 0.15) is 5.76 Å². The maximum Gasteiger partial charge on any atom is 0.167 e. The summed E-state index contributed by atoms with van der Waals surface area (Å²) >= 11 is 0. The van der Waals surface area contributed by atoms with Gasteiger partial charge in [-0.25, -0.2) is 0 Å². The fourth-order valence-electron chi connectivity index (χ4n) is 5.13. The monoisotopic (exact) mass is 432 g/mol. The summed E-state index contributed by atoms with van der Waals surface area (Å²) < 4.78 is 5.46. The fourth-order valence-corrected chi connectivity index (χ4v) is 5.13. The molecule has 0 bridgehead atoms. The molecule has 1 atom stereocenters. The molecule has 0 spiro atoms. The van der Waals surface area contributed by atoms with Gasteiger partial charge in [0.15, 0.2) is 5.78 Å². The summed E-state index contributed by atoms with van der Waals surface area (Å²) in [6.45, 7) is 10.3. The van der Waals surface area contributed by atoms with Crippen molar-refractivity contribution in [2.45, 2.75) is 65.2 Å². The maximum absolute atomic E-state index is 13.2. The molecule has 0 saturated carbocycles. The minimum atomic E-state index is 0.0779. The van der Waals surface area contributed by atoms with E-state index in [4.69, 9.17) is 4.74 Å². The zero-order valence-electron chi connectivity index (χ0n) is 19.9. The molecule has 3 heteroatoms. The van der Waals surface area contributed by atoms with Crippen molar-refractivity contribution in [2.75, 3.05) is 13.2 Å². The van der Waals surface area contributed by atoms with E-state index in [2.05, 4.69) is 63.2 Å². The van der Waals surface area contributed by atoms with E-state index in [0.29, 0.717) is 24.3 Å². The Morgan fingerprint density at radius 1 is 0.938 bits per heavy atom. The molecule has 1 unspecified atom stereocenters. The highest BCUT2D eigenvalue weighted by Crippen LogP contribution is 2.38.